The van der Waals surface area contributed by atoms with Crippen LogP contribution in [0.25, 0.3) is 10.9 Å². The maximum Gasteiger partial charge on any atom is 0.356 e. The third-order valence-corrected chi connectivity index (χ3v) is 3.96. The van der Waals surface area contributed by atoms with E-state index in [4.69, 9.17) is 21.1 Å². The van der Waals surface area contributed by atoms with Crippen molar-refractivity contribution in [2.45, 2.75) is 0 Å². The summed E-state index contributed by atoms with van der Waals surface area (Å²) in [5.74, 6) is -0.416. The molecule has 0 atom stereocenters. The highest BCUT2D eigenvalue weighted by molar-refractivity contribution is 6.31. The molecule has 0 bridgehead atoms. The predicted molar refractivity (Wildman–Crippen MR) is 95.6 cm³/mol. The number of anilines is 1. The molecular formula is C18H15ClN2O4. The molecule has 7 heteroatoms. The van der Waals surface area contributed by atoms with Gasteiger partial charge in [-0.25, -0.2) is 4.79 Å². The second-order valence-electron chi connectivity index (χ2n) is 5.24. The van der Waals surface area contributed by atoms with Crippen molar-refractivity contribution < 1.29 is 19.1 Å². The summed E-state index contributed by atoms with van der Waals surface area (Å²) in [6.45, 7) is 0. The third kappa shape index (κ3) is 3.29. The van der Waals surface area contributed by atoms with Crippen LogP contribution in [0.3, 0.4) is 0 Å². The number of benzene rings is 2. The second kappa shape index (κ2) is 6.86. The number of H-pyrrole nitrogens is 1. The molecule has 0 fully saturated rings. The first kappa shape index (κ1) is 16.9. The maximum atomic E-state index is 12.6. The maximum absolute atomic E-state index is 12.6. The summed E-state index contributed by atoms with van der Waals surface area (Å²) in [4.78, 5) is 27.6. The molecule has 2 aromatic carbocycles. The van der Waals surface area contributed by atoms with E-state index in [0.29, 0.717) is 32.9 Å². The van der Waals surface area contributed by atoms with Crippen molar-refractivity contribution in [3.63, 3.8) is 0 Å². The number of fused-ring (bicyclic) bond motifs is 1. The quantitative estimate of drug-likeness (QED) is 0.694. The van der Waals surface area contributed by atoms with Crippen LogP contribution in [0.4, 0.5) is 5.69 Å². The Hall–Kier alpha value is -2.99. The lowest BCUT2D eigenvalue weighted by Gasteiger charge is -2.08. The van der Waals surface area contributed by atoms with Gasteiger partial charge in [0.1, 0.15) is 11.4 Å². The fourth-order valence-electron chi connectivity index (χ4n) is 2.50. The van der Waals surface area contributed by atoms with Crippen LogP contribution in [-0.2, 0) is 4.74 Å². The highest BCUT2D eigenvalue weighted by Crippen LogP contribution is 2.31. The average Bonchev–Trinajstić information content (AvgIpc) is 2.98. The molecule has 25 heavy (non-hydrogen) atoms. The van der Waals surface area contributed by atoms with Crippen LogP contribution in [0.1, 0.15) is 20.8 Å². The first-order valence-corrected chi connectivity index (χ1v) is 7.76. The molecule has 1 heterocycles. The lowest BCUT2D eigenvalue weighted by atomic mass is 10.1. The molecule has 3 rings (SSSR count). The third-order valence-electron chi connectivity index (χ3n) is 3.72. The standard InChI is InChI=1S/C18H15ClN2O4/c1-24-12-5-3-4-10(8-12)17(22)21-15-13-9-11(19)6-7-14(13)20-16(15)18(23)25-2/h3-9,20H,1-2H3,(H,21,22). The van der Waals surface area contributed by atoms with Crippen molar-refractivity contribution in [3.05, 3.63) is 58.7 Å². The largest absolute Gasteiger partial charge is 0.497 e. The summed E-state index contributed by atoms with van der Waals surface area (Å²) in [5, 5.41) is 3.86. The number of carbonyl (C=O) groups is 2. The van der Waals surface area contributed by atoms with E-state index < -0.39 is 5.97 Å². The van der Waals surface area contributed by atoms with Gasteiger partial charge in [-0.05, 0) is 36.4 Å². The van der Waals surface area contributed by atoms with Crippen LogP contribution in [0, 0.1) is 0 Å². The molecule has 0 radical (unpaired) electrons. The molecule has 0 saturated carbocycles. The number of rotatable bonds is 4. The molecule has 1 aromatic heterocycles. The highest BCUT2D eigenvalue weighted by Gasteiger charge is 2.21. The number of esters is 1. The number of aromatic amines is 1. The van der Waals surface area contributed by atoms with E-state index in [2.05, 4.69) is 10.3 Å². The Labute approximate surface area is 148 Å². The summed E-state index contributed by atoms with van der Waals surface area (Å²) >= 11 is 6.05. The van der Waals surface area contributed by atoms with Crippen molar-refractivity contribution in [2.24, 2.45) is 0 Å². The fraction of sp³-hybridized carbons (Fsp3) is 0.111. The van der Waals surface area contributed by atoms with Crippen molar-refractivity contribution in [1.82, 2.24) is 4.98 Å². The number of halogens is 1. The molecule has 6 nitrogen and oxygen atoms in total. The van der Waals surface area contributed by atoms with Crippen LogP contribution < -0.4 is 10.1 Å². The van der Waals surface area contributed by atoms with Gasteiger partial charge in [0.25, 0.3) is 5.91 Å². The average molecular weight is 359 g/mol. The normalized spacial score (nSPS) is 10.5. The number of carbonyl (C=O) groups excluding carboxylic acids is 2. The molecule has 3 aromatic rings. The molecule has 0 unspecified atom stereocenters. The number of methoxy groups -OCH3 is 2. The molecule has 0 saturated heterocycles. The minimum absolute atomic E-state index is 0.149. The Morgan fingerprint density at radius 1 is 1.12 bits per heavy atom. The zero-order chi connectivity index (χ0) is 18.0. The molecule has 2 N–H and O–H groups in total. The van der Waals surface area contributed by atoms with Crippen LogP contribution in [0.15, 0.2) is 42.5 Å². The fourth-order valence-corrected chi connectivity index (χ4v) is 2.67. The summed E-state index contributed by atoms with van der Waals surface area (Å²) in [6.07, 6.45) is 0. The summed E-state index contributed by atoms with van der Waals surface area (Å²) < 4.78 is 9.91. The van der Waals surface area contributed by atoms with Gasteiger partial charge >= 0.3 is 5.97 Å². The first-order valence-electron chi connectivity index (χ1n) is 7.38. The van der Waals surface area contributed by atoms with E-state index in [9.17, 15) is 9.59 Å². The van der Waals surface area contributed by atoms with Gasteiger partial charge in [0.15, 0.2) is 0 Å². The van der Waals surface area contributed by atoms with Crippen molar-refractivity contribution >= 4 is 40.1 Å². The van der Waals surface area contributed by atoms with Crippen LogP contribution in [-0.4, -0.2) is 31.1 Å². The van der Waals surface area contributed by atoms with Gasteiger partial charge in [0.05, 0.1) is 19.9 Å². The van der Waals surface area contributed by atoms with Crippen LogP contribution in [0.5, 0.6) is 5.75 Å². The first-order chi connectivity index (χ1) is 12.0. The van der Waals surface area contributed by atoms with E-state index in [1.807, 2.05) is 0 Å². The van der Waals surface area contributed by atoms with E-state index in [-0.39, 0.29) is 11.6 Å². The molecule has 128 valence electrons. The molecule has 1 amide bonds. The number of aromatic nitrogens is 1. The van der Waals surface area contributed by atoms with Gasteiger partial charge in [-0.3, -0.25) is 4.79 Å². The SMILES string of the molecule is COC(=O)c1[nH]c2ccc(Cl)cc2c1NC(=O)c1cccc(OC)c1. The zero-order valence-corrected chi connectivity index (χ0v) is 14.3. The van der Waals surface area contributed by atoms with Crippen LogP contribution >= 0.6 is 11.6 Å². The van der Waals surface area contributed by atoms with Crippen molar-refractivity contribution in [3.8, 4) is 5.75 Å². The van der Waals surface area contributed by atoms with E-state index in [0.717, 1.165) is 0 Å². The van der Waals surface area contributed by atoms with Crippen molar-refractivity contribution in [1.29, 1.82) is 0 Å². The number of hydrogen-bond donors (Lipinski definition) is 2. The Morgan fingerprint density at radius 2 is 1.92 bits per heavy atom. The lowest BCUT2D eigenvalue weighted by Crippen LogP contribution is -2.15. The topological polar surface area (TPSA) is 80.4 Å². The van der Waals surface area contributed by atoms with E-state index >= 15 is 0 Å². The van der Waals surface area contributed by atoms with E-state index in [1.165, 1.54) is 14.2 Å². The van der Waals surface area contributed by atoms with Gasteiger partial charge in [-0.1, -0.05) is 17.7 Å². The second-order valence-corrected chi connectivity index (χ2v) is 5.68. The highest BCUT2D eigenvalue weighted by atomic mass is 35.5. The smallest absolute Gasteiger partial charge is 0.356 e. The van der Waals surface area contributed by atoms with Gasteiger partial charge < -0.3 is 19.8 Å². The molecular weight excluding hydrogens is 344 g/mol. The molecule has 0 aliphatic heterocycles. The van der Waals surface area contributed by atoms with Crippen LogP contribution in [0.2, 0.25) is 5.02 Å². The summed E-state index contributed by atoms with van der Waals surface area (Å²) in [5.41, 5.74) is 1.52. The molecule has 0 spiro atoms. The Kier molecular flexibility index (Phi) is 4.63. The minimum atomic E-state index is -0.590. The van der Waals surface area contributed by atoms with Crippen molar-refractivity contribution in [2.75, 3.05) is 19.5 Å². The van der Waals surface area contributed by atoms with Gasteiger partial charge in [0, 0.05) is 21.5 Å². The van der Waals surface area contributed by atoms with E-state index in [1.54, 1.807) is 42.5 Å². The van der Waals surface area contributed by atoms with Gasteiger partial charge in [0.2, 0.25) is 0 Å². The number of hydrogen-bond acceptors (Lipinski definition) is 4. The predicted octanol–water partition coefficient (Wildman–Crippen LogP) is 3.87. The molecule has 0 aliphatic carbocycles. The summed E-state index contributed by atoms with van der Waals surface area (Å²) in [6, 6.07) is 11.8. The molecule has 0 aliphatic rings. The van der Waals surface area contributed by atoms with Gasteiger partial charge in [-0.15, -0.1) is 0 Å². The Bertz CT molecular complexity index is 965. The Morgan fingerprint density at radius 3 is 2.64 bits per heavy atom. The summed E-state index contributed by atoms with van der Waals surface area (Å²) in [7, 11) is 2.79. The Balaban J connectivity index is 2.05. The number of nitrogens with one attached hydrogen (secondary N) is 2. The zero-order valence-electron chi connectivity index (χ0n) is 13.6. The minimum Gasteiger partial charge on any atom is -0.497 e. The number of ether oxygens (including phenoxy) is 2. The monoisotopic (exact) mass is 358 g/mol. The van der Waals surface area contributed by atoms with Gasteiger partial charge in [-0.2, -0.15) is 0 Å². The lowest BCUT2D eigenvalue weighted by molar-refractivity contribution is 0.0596. The number of amides is 1.